The molecule has 0 aliphatic rings. The van der Waals surface area contributed by atoms with Crippen molar-refractivity contribution in [2.45, 2.75) is 39.2 Å². The predicted octanol–water partition coefficient (Wildman–Crippen LogP) is 5.30. The lowest BCUT2D eigenvalue weighted by Crippen LogP contribution is -2.25. The molecule has 2 rings (SSSR count). The molecule has 2 aromatic heterocycles. The van der Waals surface area contributed by atoms with Gasteiger partial charge in [-0.3, -0.25) is 4.98 Å². The van der Waals surface area contributed by atoms with Crippen molar-refractivity contribution in [2.24, 2.45) is 0 Å². The Morgan fingerprint density at radius 1 is 1.24 bits per heavy atom. The second-order valence-electron chi connectivity index (χ2n) is 4.95. The molecule has 5 heteroatoms. The van der Waals surface area contributed by atoms with E-state index in [9.17, 15) is 0 Å². The number of aromatic nitrogens is 1. The Kier molecular flexibility index (Phi) is 6.49. The molecule has 2 aromatic rings. The Morgan fingerprint density at radius 2 is 2.00 bits per heavy atom. The fourth-order valence-electron chi connectivity index (χ4n) is 2.19. The van der Waals surface area contributed by atoms with Crippen LogP contribution in [0.4, 0.5) is 0 Å². The normalized spacial score (nSPS) is 12.6. The summed E-state index contributed by atoms with van der Waals surface area (Å²) >= 11 is 14.1. The monoisotopic (exact) mass is 342 g/mol. The molecule has 0 aliphatic carbocycles. The molecule has 0 saturated heterocycles. The maximum atomic E-state index is 6.32. The van der Waals surface area contributed by atoms with Crippen molar-refractivity contribution in [2.75, 3.05) is 6.54 Å². The third kappa shape index (κ3) is 4.68. The van der Waals surface area contributed by atoms with Crippen molar-refractivity contribution in [3.05, 3.63) is 49.9 Å². The second kappa shape index (κ2) is 8.14. The summed E-state index contributed by atoms with van der Waals surface area (Å²) in [5, 5.41) is 4.74. The Balaban J connectivity index is 2.20. The topological polar surface area (TPSA) is 24.9 Å². The standard InChI is InChI=1S/C16H20Cl2N2S/c1-3-7-19-15(9-13-6-5-12(4-2)21-13)16-14(18)8-11(17)10-20-16/h5-6,8,10,15,19H,3-4,7,9H2,1-2H3. The highest BCUT2D eigenvalue weighted by Gasteiger charge is 2.17. The molecule has 2 nitrogen and oxygen atoms in total. The summed E-state index contributed by atoms with van der Waals surface area (Å²) < 4.78 is 0. The van der Waals surface area contributed by atoms with Gasteiger partial charge in [-0.25, -0.2) is 0 Å². The summed E-state index contributed by atoms with van der Waals surface area (Å²) in [5.41, 5.74) is 0.876. The summed E-state index contributed by atoms with van der Waals surface area (Å²) in [6.45, 7) is 5.28. The van der Waals surface area contributed by atoms with Gasteiger partial charge in [0.15, 0.2) is 0 Å². The molecule has 0 bridgehead atoms. The van der Waals surface area contributed by atoms with Crippen LogP contribution in [0.1, 0.15) is 41.8 Å². The van der Waals surface area contributed by atoms with Crippen LogP contribution in [-0.4, -0.2) is 11.5 Å². The van der Waals surface area contributed by atoms with Crippen molar-refractivity contribution < 1.29 is 0 Å². The zero-order chi connectivity index (χ0) is 15.2. The van der Waals surface area contributed by atoms with Crippen LogP contribution in [0.2, 0.25) is 10.0 Å². The zero-order valence-electron chi connectivity index (χ0n) is 12.3. The van der Waals surface area contributed by atoms with Gasteiger partial charge in [0.05, 0.1) is 21.8 Å². The molecule has 0 aliphatic heterocycles. The molecule has 0 saturated carbocycles. The minimum absolute atomic E-state index is 0.123. The van der Waals surface area contributed by atoms with E-state index in [-0.39, 0.29) is 6.04 Å². The van der Waals surface area contributed by atoms with E-state index in [0.29, 0.717) is 10.0 Å². The maximum absolute atomic E-state index is 6.32. The van der Waals surface area contributed by atoms with Gasteiger partial charge in [0.2, 0.25) is 0 Å². The highest BCUT2D eigenvalue weighted by molar-refractivity contribution is 7.11. The number of hydrogen-bond acceptors (Lipinski definition) is 3. The van der Waals surface area contributed by atoms with Gasteiger partial charge in [-0.05, 0) is 37.6 Å². The van der Waals surface area contributed by atoms with E-state index < -0.39 is 0 Å². The van der Waals surface area contributed by atoms with Crippen LogP contribution < -0.4 is 5.32 Å². The minimum Gasteiger partial charge on any atom is -0.308 e. The molecular formula is C16H20Cl2N2S. The molecule has 2 heterocycles. The molecule has 0 radical (unpaired) electrons. The Labute approximate surface area is 140 Å². The van der Waals surface area contributed by atoms with E-state index in [1.807, 2.05) is 11.3 Å². The number of hydrogen-bond donors (Lipinski definition) is 1. The Morgan fingerprint density at radius 3 is 2.62 bits per heavy atom. The SMILES string of the molecule is CCCNC(Cc1ccc(CC)s1)c1ncc(Cl)cc1Cl. The van der Waals surface area contributed by atoms with E-state index in [4.69, 9.17) is 23.2 Å². The molecule has 1 N–H and O–H groups in total. The van der Waals surface area contributed by atoms with Crippen LogP contribution in [0.5, 0.6) is 0 Å². The molecule has 0 spiro atoms. The molecular weight excluding hydrogens is 323 g/mol. The summed E-state index contributed by atoms with van der Waals surface area (Å²) in [6, 6.07) is 6.29. The molecule has 0 aromatic carbocycles. The van der Waals surface area contributed by atoms with Crippen molar-refractivity contribution in [1.29, 1.82) is 0 Å². The van der Waals surface area contributed by atoms with E-state index in [0.717, 1.165) is 31.5 Å². The third-order valence-corrected chi connectivity index (χ3v) is 5.04. The number of thiophene rings is 1. The van der Waals surface area contributed by atoms with Crippen LogP contribution in [0.15, 0.2) is 24.4 Å². The van der Waals surface area contributed by atoms with Gasteiger partial charge in [0, 0.05) is 22.4 Å². The van der Waals surface area contributed by atoms with Crippen LogP contribution in [-0.2, 0) is 12.8 Å². The fourth-order valence-corrected chi connectivity index (χ4v) is 3.70. The average molecular weight is 343 g/mol. The molecule has 21 heavy (non-hydrogen) atoms. The third-order valence-electron chi connectivity index (χ3n) is 3.28. The fraction of sp³-hybridized carbons (Fsp3) is 0.438. The van der Waals surface area contributed by atoms with Crippen LogP contribution in [0, 0.1) is 0 Å². The van der Waals surface area contributed by atoms with Crippen molar-refractivity contribution in [3.63, 3.8) is 0 Å². The molecule has 0 amide bonds. The number of halogens is 2. The van der Waals surface area contributed by atoms with Crippen molar-refractivity contribution >= 4 is 34.5 Å². The Bertz CT molecular complexity index is 583. The summed E-state index contributed by atoms with van der Waals surface area (Å²) in [4.78, 5) is 7.20. The number of nitrogens with zero attached hydrogens (tertiary/aromatic N) is 1. The molecule has 1 unspecified atom stereocenters. The van der Waals surface area contributed by atoms with Crippen molar-refractivity contribution in [1.82, 2.24) is 10.3 Å². The van der Waals surface area contributed by atoms with Gasteiger partial charge in [0.1, 0.15) is 0 Å². The lowest BCUT2D eigenvalue weighted by atomic mass is 10.1. The largest absolute Gasteiger partial charge is 0.308 e. The second-order valence-corrected chi connectivity index (χ2v) is 7.05. The van der Waals surface area contributed by atoms with Crippen LogP contribution in [0.25, 0.3) is 0 Å². The van der Waals surface area contributed by atoms with E-state index >= 15 is 0 Å². The molecule has 114 valence electrons. The first-order valence-electron chi connectivity index (χ1n) is 7.26. The van der Waals surface area contributed by atoms with Gasteiger partial charge in [-0.15, -0.1) is 11.3 Å². The molecule has 1 atom stereocenters. The lowest BCUT2D eigenvalue weighted by molar-refractivity contribution is 0.521. The first-order chi connectivity index (χ1) is 10.1. The zero-order valence-corrected chi connectivity index (χ0v) is 14.7. The van der Waals surface area contributed by atoms with E-state index in [1.54, 1.807) is 12.3 Å². The quantitative estimate of drug-likeness (QED) is 0.738. The van der Waals surface area contributed by atoms with E-state index in [1.165, 1.54) is 9.75 Å². The number of pyridine rings is 1. The van der Waals surface area contributed by atoms with Gasteiger partial charge in [-0.1, -0.05) is 37.0 Å². The number of nitrogens with one attached hydrogen (secondary N) is 1. The summed E-state index contributed by atoms with van der Waals surface area (Å²) in [7, 11) is 0. The van der Waals surface area contributed by atoms with Gasteiger partial charge in [0.25, 0.3) is 0 Å². The van der Waals surface area contributed by atoms with Crippen LogP contribution in [0.3, 0.4) is 0 Å². The van der Waals surface area contributed by atoms with Gasteiger partial charge < -0.3 is 5.32 Å². The highest BCUT2D eigenvalue weighted by atomic mass is 35.5. The first kappa shape index (κ1) is 16.8. The van der Waals surface area contributed by atoms with Gasteiger partial charge >= 0.3 is 0 Å². The first-order valence-corrected chi connectivity index (χ1v) is 8.83. The van der Waals surface area contributed by atoms with Crippen LogP contribution >= 0.6 is 34.5 Å². The maximum Gasteiger partial charge on any atom is 0.0763 e. The Hall–Kier alpha value is -0.610. The summed E-state index contributed by atoms with van der Waals surface area (Å²) in [6.07, 6.45) is 4.72. The predicted molar refractivity (Wildman–Crippen MR) is 92.7 cm³/mol. The highest BCUT2D eigenvalue weighted by Crippen LogP contribution is 2.28. The molecule has 0 fully saturated rings. The smallest absolute Gasteiger partial charge is 0.0763 e. The lowest BCUT2D eigenvalue weighted by Gasteiger charge is -2.18. The average Bonchev–Trinajstić information content (AvgIpc) is 2.91. The summed E-state index contributed by atoms with van der Waals surface area (Å²) in [5.74, 6) is 0. The van der Waals surface area contributed by atoms with Crippen molar-refractivity contribution in [3.8, 4) is 0 Å². The van der Waals surface area contributed by atoms with E-state index in [2.05, 4.69) is 36.3 Å². The number of aryl methyl sites for hydroxylation is 1. The van der Waals surface area contributed by atoms with Gasteiger partial charge in [-0.2, -0.15) is 0 Å². The number of rotatable bonds is 7. The minimum atomic E-state index is 0.123.